The van der Waals surface area contributed by atoms with Crippen LogP contribution < -0.4 is 10.1 Å². The zero-order valence-corrected chi connectivity index (χ0v) is 19.9. The first kappa shape index (κ1) is 22.9. The van der Waals surface area contributed by atoms with Crippen LogP contribution >= 0.6 is 11.8 Å². The molecule has 4 rings (SSSR count). The molecule has 0 unspecified atom stereocenters. The maximum Gasteiger partial charge on any atom is 0.277 e. The zero-order valence-electron chi connectivity index (χ0n) is 19.1. The molecule has 33 heavy (non-hydrogen) atoms. The molecule has 1 fully saturated rings. The van der Waals surface area contributed by atoms with Crippen molar-refractivity contribution in [3.05, 3.63) is 47.0 Å². The molecular formula is C24H27N5O3S. The number of nitriles is 1. The maximum atomic E-state index is 12.8. The highest BCUT2D eigenvalue weighted by Gasteiger charge is 2.23. The van der Waals surface area contributed by atoms with E-state index >= 15 is 0 Å². The van der Waals surface area contributed by atoms with Gasteiger partial charge >= 0.3 is 0 Å². The summed E-state index contributed by atoms with van der Waals surface area (Å²) in [6.45, 7) is 3.81. The largest absolute Gasteiger partial charge is 0.497 e. The maximum absolute atomic E-state index is 12.8. The van der Waals surface area contributed by atoms with Crippen molar-refractivity contribution in [3.63, 3.8) is 0 Å². The number of thioether (sulfide) groups is 1. The highest BCUT2D eigenvalue weighted by molar-refractivity contribution is 7.99. The SMILES string of the molecule is COc1ccc(-n2c(C)c(C)c(C#N)c2NC(=O)CSc2nnc(C3CCCCC3)o2)cc1. The lowest BCUT2D eigenvalue weighted by atomic mass is 9.89. The third-order valence-corrected chi connectivity index (χ3v) is 6.94. The molecule has 0 atom stereocenters. The molecule has 0 saturated heterocycles. The lowest BCUT2D eigenvalue weighted by molar-refractivity contribution is -0.113. The number of methoxy groups -OCH3 is 1. The number of anilines is 1. The Bertz CT molecular complexity index is 1170. The summed E-state index contributed by atoms with van der Waals surface area (Å²) < 4.78 is 12.9. The molecule has 3 aromatic rings. The van der Waals surface area contributed by atoms with Crippen molar-refractivity contribution in [1.29, 1.82) is 5.26 Å². The molecule has 0 radical (unpaired) electrons. The van der Waals surface area contributed by atoms with Gasteiger partial charge in [0.2, 0.25) is 11.8 Å². The molecule has 172 valence electrons. The Morgan fingerprint density at radius 2 is 1.97 bits per heavy atom. The fourth-order valence-electron chi connectivity index (χ4n) is 4.20. The lowest BCUT2D eigenvalue weighted by Gasteiger charge is -2.17. The third-order valence-electron chi connectivity index (χ3n) is 6.12. The van der Waals surface area contributed by atoms with Gasteiger partial charge in [-0.3, -0.25) is 9.36 Å². The van der Waals surface area contributed by atoms with Gasteiger partial charge in [0.25, 0.3) is 5.22 Å². The molecule has 2 aromatic heterocycles. The first-order valence-corrected chi connectivity index (χ1v) is 12.0. The Morgan fingerprint density at radius 1 is 1.24 bits per heavy atom. The Hall–Kier alpha value is -3.25. The lowest BCUT2D eigenvalue weighted by Crippen LogP contribution is -2.17. The van der Waals surface area contributed by atoms with Crippen LogP contribution in [0.5, 0.6) is 5.75 Å². The highest BCUT2D eigenvalue weighted by Crippen LogP contribution is 2.33. The third kappa shape index (κ3) is 4.91. The Morgan fingerprint density at radius 3 is 2.64 bits per heavy atom. The van der Waals surface area contributed by atoms with Gasteiger partial charge in [0.1, 0.15) is 17.6 Å². The minimum atomic E-state index is -0.249. The summed E-state index contributed by atoms with van der Waals surface area (Å²) in [5, 5.41) is 21.3. The standard InChI is InChI=1S/C24H27N5O3S/c1-15-16(2)29(18-9-11-19(31-3)12-10-18)22(20(15)13-25)26-21(30)14-33-24-28-27-23(32-24)17-7-5-4-6-8-17/h9-12,17H,4-8,14H2,1-3H3,(H,26,30). The molecule has 0 bridgehead atoms. The van der Waals surface area contributed by atoms with Crippen LogP contribution in [0.2, 0.25) is 0 Å². The van der Waals surface area contributed by atoms with Crippen LogP contribution in [-0.2, 0) is 4.79 Å². The predicted octanol–water partition coefficient (Wildman–Crippen LogP) is 5.14. The van der Waals surface area contributed by atoms with Crippen molar-refractivity contribution in [2.24, 2.45) is 0 Å². The molecule has 1 amide bonds. The average molecular weight is 466 g/mol. The first-order chi connectivity index (χ1) is 16.0. The molecule has 2 heterocycles. The fourth-order valence-corrected chi connectivity index (χ4v) is 4.77. The number of aromatic nitrogens is 3. The van der Waals surface area contributed by atoms with E-state index < -0.39 is 0 Å². The van der Waals surface area contributed by atoms with Crippen molar-refractivity contribution < 1.29 is 13.9 Å². The Labute approximate surface area is 197 Å². The van der Waals surface area contributed by atoms with Gasteiger partial charge in [-0.2, -0.15) is 5.26 Å². The van der Waals surface area contributed by atoms with E-state index in [2.05, 4.69) is 21.6 Å². The minimum Gasteiger partial charge on any atom is -0.497 e. The molecule has 9 heteroatoms. The van der Waals surface area contributed by atoms with E-state index in [1.165, 1.54) is 31.0 Å². The Balaban J connectivity index is 1.49. The number of nitrogens with one attached hydrogen (secondary N) is 1. The number of carbonyl (C=O) groups excluding carboxylic acids is 1. The van der Waals surface area contributed by atoms with Gasteiger partial charge in [-0.05, 0) is 56.5 Å². The van der Waals surface area contributed by atoms with Crippen LogP contribution in [0.4, 0.5) is 5.82 Å². The number of nitrogens with zero attached hydrogens (tertiary/aromatic N) is 4. The highest BCUT2D eigenvalue weighted by atomic mass is 32.2. The predicted molar refractivity (Wildman–Crippen MR) is 126 cm³/mol. The summed E-state index contributed by atoms with van der Waals surface area (Å²) in [5.74, 6) is 2.03. The fraction of sp³-hybridized carbons (Fsp3) is 0.417. The Kier molecular flexibility index (Phi) is 7.04. The van der Waals surface area contributed by atoms with Crippen molar-refractivity contribution in [1.82, 2.24) is 14.8 Å². The quantitative estimate of drug-likeness (QED) is 0.482. The molecule has 0 aliphatic heterocycles. The van der Waals surface area contributed by atoms with E-state index in [1.54, 1.807) is 7.11 Å². The normalized spacial score (nSPS) is 14.1. The summed E-state index contributed by atoms with van der Waals surface area (Å²) in [7, 11) is 1.61. The summed E-state index contributed by atoms with van der Waals surface area (Å²) in [6, 6.07) is 9.70. The first-order valence-electron chi connectivity index (χ1n) is 11.0. The minimum absolute atomic E-state index is 0.100. The van der Waals surface area contributed by atoms with E-state index in [1.807, 2.05) is 42.7 Å². The van der Waals surface area contributed by atoms with E-state index in [4.69, 9.17) is 9.15 Å². The van der Waals surface area contributed by atoms with Crippen molar-refractivity contribution >= 4 is 23.5 Å². The second kappa shape index (κ2) is 10.1. The van der Waals surface area contributed by atoms with Crippen LogP contribution in [-0.4, -0.2) is 33.5 Å². The van der Waals surface area contributed by atoms with E-state index in [0.29, 0.717) is 28.4 Å². The van der Waals surface area contributed by atoms with Gasteiger partial charge < -0.3 is 14.5 Å². The molecule has 1 saturated carbocycles. The molecular weight excluding hydrogens is 438 g/mol. The van der Waals surface area contributed by atoms with Crippen LogP contribution in [0, 0.1) is 25.2 Å². The topological polar surface area (TPSA) is 106 Å². The van der Waals surface area contributed by atoms with Gasteiger partial charge in [0.15, 0.2) is 0 Å². The molecule has 1 aromatic carbocycles. The second-order valence-electron chi connectivity index (χ2n) is 8.16. The average Bonchev–Trinajstić information content (AvgIpc) is 3.41. The van der Waals surface area contributed by atoms with Crippen molar-refractivity contribution in [2.45, 2.75) is 57.1 Å². The monoisotopic (exact) mass is 465 g/mol. The van der Waals surface area contributed by atoms with E-state index in [0.717, 1.165) is 35.5 Å². The second-order valence-corrected chi connectivity index (χ2v) is 9.08. The summed E-state index contributed by atoms with van der Waals surface area (Å²) in [6.07, 6.45) is 5.78. The van der Waals surface area contributed by atoms with Crippen LogP contribution in [0.25, 0.3) is 5.69 Å². The zero-order chi connectivity index (χ0) is 23.4. The number of rotatable bonds is 7. The number of benzene rings is 1. The van der Waals surface area contributed by atoms with Gasteiger partial charge in [-0.15, -0.1) is 10.2 Å². The molecule has 1 aliphatic rings. The van der Waals surface area contributed by atoms with Crippen molar-refractivity contribution in [2.75, 3.05) is 18.2 Å². The van der Waals surface area contributed by atoms with Crippen LogP contribution in [0.3, 0.4) is 0 Å². The number of amides is 1. The van der Waals surface area contributed by atoms with Gasteiger partial charge in [0.05, 0.1) is 18.4 Å². The summed E-state index contributed by atoms with van der Waals surface area (Å²) in [5.41, 5.74) is 2.98. The van der Waals surface area contributed by atoms with Crippen molar-refractivity contribution in [3.8, 4) is 17.5 Å². The number of hydrogen-bond donors (Lipinski definition) is 1. The van der Waals surface area contributed by atoms with Gasteiger partial charge in [-0.25, -0.2) is 0 Å². The van der Waals surface area contributed by atoms with E-state index in [9.17, 15) is 10.1 Å². The molecule has 1 aliphatic carbocycles. The number of ether oxygens (including phenoxy) is 1. The van der Waals surface area contributed by atoms with Gasteiger partial charge in [0, 0.05) is 17.3 Å². The molecule has 1 N–H and O–H groups in total. The smallest absolute Gasteiger partial charge is 0.277 e. The van der Waals surface area contributed by atoms with Crippen LogP contribution in [0.1, 0.15) is 60.7 Å². The van der Waals surface area contributed by atoms with Crippen LogP contribution in [0.15, 0.2) is 33.9 Å². The number of hydrogen-bond acceptors (Lipinski definition) is 7. The van der Waals surface area contributed by atoms with Gasteiger partial charge in [-0.1, -0.05) is 31.0 Å². The molecule has 8 nitrogen and oxygen atoms in total. The number of carbonyl (C=O) groups is 1. The summed E-state index contributed by atoms with van der Waals surface area (Å²) in [4.78, 5) is 12.8. The summed E-state index contributed by atoms with van der Waals surface area (Å²) >= 11 is 1.20. The molecule has 0 spiro atoms. The van der Waals surface area contributed by atoms with E-state index in [-0.39, 0.29) is 11.7 Å².